The molecule has 0 saturated heterocycles. The Bertz CT molecular complexity index is 3190. The number of aromatic nitrogens is 3. The van der Waals surface area contributed by atoms with Crippen LogP contribution in [-0.4, -0.2) is 15.0 Å². The molecular weight excluding hydrogens is 639 g/mol. The van der Waals surface area contributed by atoms with Gasteiger partial charge in [0.25, 0.3) is 0 Å². The van der Waals surface area contributed by atoms with Gasteiger partial charge in [-0.15, -0.1) is 0 Å². The largest absolute Gasteiger partial charge is 0.456 e. The molecule has 0 bridgehead atoms. The van der Waals surface area contributed by atoms with Crippen LogP contribution in [0.3, 0.4) is 0 Å². The smallest absolute Gasteiger partial charge is 0.164 e. The Kier molecular flexibility index (Phi) is 6.18. The predicted octanol–water partition coefficient (Wildman–Crippen LogP) is 12.6. The molecule has 0 fully saturated rings. The van der Waals surface area contributed by atoms with Crippen LogP contribution >= 0.6 is 0 Å². The Morgan fingerprint density at radius 3 is 1.85 bits per heavy atom. The summed E-state index contributed by atoms with van der Waals surface area (Å²) < 4.78 is 13.0. The van der Waals surface area contributed by atoms with Crippen molar-refractivity contribution >= 4 is 65.4 Å². The molecule has 11 rings (SSSR count). The lowest BCUT2D eigenvalue weighted by molar-refractivity contribution is 0.669. The second-order valence-electron chi connectivity index (χ2n) is 13.2. The monoisotopic (exact) mass is 665 g/mol. The van der Waals surface area contributed by atoms with Crippen molar-refractivity contribution in [2.24, 2.45) is 0 Å². The Morgan fingerprint density at radius 2 is 0.962 bits per heavy atom. The van der Waals surface area contributed by atoms with E-state index in [2.05, 4.69) is 109 Å². The molecule has 0 amide bonds. The highest BCUT2D eigenvalue weighted by Crippen LogP contribution is 2.42. The molecule has 0 aliphatic rings. The standard InChI is InChI=1S/C47H27N3O2/c1-2-12-29(13-3-1)45-48-46(32-23-24-40-38(26-32)39-25-30-14-4-5-15-31(30)27-42(39)51-40)50-47(49-45)37-21-10-22-41-43(37)36-20-9-19-35(44(36)52-41)34-18-8-16-28-11-6-7-17-33(28)34/h1-27H. The summed E-state index contributed by atoms with van der Waals surface area (Å²) in [6, 6.07) is 56.3. The Balaban J connectivity index is 1.13. The van der Waals surface area contributed by atoms with Gasteiger partial charge in [-0.05, 0) is 63.5 Å². The van der Waals surface area contributed by atoms with Crippen molar-refractivity contribution in [2.75, 3.05) is 0 Å². The molecule has 0 aliphatic heterocycles. The normalized spacial score (nSPS) is 11.8. The van der Waals surface area contributed by atoms with E-state index in [1.54, 1.807) is 0 Å². The zero-order valence-electron chi connectivity index (χ0n) is 27.7. The number of hydrogen-bond acceptors (Lipinski definition) is 5. The van der Waals surface area contributed by atoms with Gasteiger partial charge in [-0.3, -0.25) is 0 Å². The van der Waals surface area contributed by atoms with Gasteiger partial charge < -0.3 is 8.83 Å². The predicted molar refractivity (Wildman–Crippen MR) is 211 cm³/mol. The topological polar surface area (TPSA) is 65.0 Å². The summed E-state index contributed by atoms with van der Waals surface area (Å²) in [7, 11) is 0. The molecule has 5 nitrogen and oxygen atoms in total. The number of fused-ring (bicyclic) bond motifs is 8. The molecule has 11 aromatic rings. The van der Waals surface area contributed by atoms with E-state index in [-0.39, 0.29) is 0 Å². The van der Waals surface area contributed by atoms with Gasteiger partial charge in [0.15, 0.2) is 17.5 Å². The number of para-hydroxylation sites is 1. The summed E-state index contributed by atoms with van der Waals surface area (Å²) in [6.45, 7) is 0. The summed E-state index contributed by atoms with van der Waals surface area (Å²) in [4.78, 5) is 15.4. The number of nitrogens with zero attached hydrogens (tertiary/aromatic N) is 3. The van der Waals surface area contributed by atoms with Gasteiger partial charge in [0.05, 0.1) is 0 Å². The number of rotatable bonds is 4. The van der Waals surface area contributed by atoms with Gasteiger partial charge >= 0.3 is 0 Å². The number of hydrogen-bond donors (Lipinski definition) is 0. The van der Waals surface area contributed by atoms with Crippen LogP contribution in [0.15, 0.2) is 173 Å². The Labute approximate surface area is 297 Å². The van der Waals surface area contributed by atoms with Gasteiger partial charge in [0.2, 0.25) is 0 Å². The van der Waals surface area contributed by atoms with E-state index in [1.807, 2.05) is 54.6 Å². The average molecular weight is 666 g/mol. The van der Waals surface area contributed by atoms with Crippen molar-refractivity contribution in [1.82, 2.24) is 15.0 Å². The average Bonchev–Trinajstić information content (AvgIpc) is 3.77. The van der Waals surface area contributed by atoms with Crippen molar-refractivity contribution in [3.05, 3.63) is 164 Å². The van der Waals surface area contributed by atoms with Crippen molar-refractivity contribution in [2.45, 2.75) is 0 Å². The SMILES string of the molecule is c1ccc(-c2nc(-c3ccc4oc5cc6ccccc6cc5c4c3)nc(-c3cccc4oc5c(-c6cccc7ccccc67)cccc5c34)n2)cc1. The number of furan rings is 2. The van der Waals surface area contributed by atoms with E-state index in [9.17, 15) is 0 Å². The lowest BCUT2D eigenvalue weighted by Crippen LogP contribution is -2.00. The molecule has 52 heavy (non-hydrogen) atoms. The van der Waals surface area contributed by atoms with Crippen LogP contribution in [0.2, 0.25) is 0 Å². The molecule has 3 heterocycles. The lowest BCUT2D eigenvalue weighted by Gasteiger charge is -2.09. The van der Waals surface area contributed by atoms with E-state index < -0.39 is 0 Å². The highest BCUT2D eigenvalue weighted by atomic mass is 16.3. The van der Waals surface area contributed by atoms with Gasteiger partial charge in [0, 0.05) is 43.8 Å². The van der Waals surface area contributed by atoms with E-state index in [4.69, 9.17) is 23.8 Å². The lowest BCUT2D eigenvalue weighted by atomic mass is 9.96. The maximum Gasteiger partial charge on any atom is 0.164 e. The maximum atomic E-state index is 6.71. The quantitative estimate of drug-likeness (QED) is 0.187. The highest BCUT2D eigenvalue weighted by molar-refractivity contribution is 6.16. The van der Waals surface area contributed by atoms with E-state index >= 15 is 0 Å². The minimum Gasteiger partial charge on any atom is -0.456 e. The Hall–Kier alpha value is -7.11. The first-order chi connectivity index (χ1) is 25.7. The second-order valence-corrected chi connectivity index (χ2v) is 13.2. The van der Waals surface area contributed by atoms with Crippen LogP contribution in [0.4, 0.5) is 0 Å². The third-order valence-corrected chi connectivity index (χ3v) is 10.1. The fourth-order valence-electron chi connectivity index (χ4n) is 7.65. The molecule has 0 spiro atoms. The summed E-state index contributed by atoms with van der Waals surface area (Å²) in [5, 5.41) is 8.75. The van der Waals surface area contributed by atoms with Gasteiger partial charge in [-0.1, -0.05) is 127 Å². The van der Waals surface area contributed by atoms with Crippen LogP contribution in [-0.2, 0) is 0 Å². The molecule has 8 aromatic carbocycles. The van der Waals surface area contributed by atoms with Gasteiger partial charge in [-0.2, -0.15) is 0 Å². The molecule has 5 heteroatoms. The van der Waals surface area contributed by atoms with E-state index in [1.165, 1.54) is 16.2 Å². The molecule has 242 valence electrons. The first-order valence-corrected chi connectivity index (χ1v) is 17.3. The van der Waals surface area contributed by atoms with E-state index in [0.29, 0.717) is 17.5 Å². The maximum absolute atomic E-state index is 6.71. The highest BCUT2D eigenvalue weighted by Gasteiger charge is 2.20. The Morgan fingerprint density at radius 1 is 0.327 bits per heavy atom. The summed E-state index contributed by atoms with van der Waals surface area (Å²) in [5.74, 6) is 1.77. The zero-order chi connectivity index (χ0) is 34.2. The summed E-state index contributed by atoms with van der Waals surface area (Å²) in [5.41, 5.74) is 8.15. The summed E-state index contributed by atoms with van der Waals surface area (Å²) >= 11 is 0. The second kappa shape index (κ2) is 11.2. The van der Waals surface area contributed by atoms with Gasteiger partial charge in [0.1, 0.15) is 22.3 Å². The molecule has 0 unspecified atom stereocenters. The fourth-order valence-corrected chi connectivity index (χ4v) is 7.65. The third-order valence-electron chi connectivity index (χ3n) is 10.1. The first-order valence-electron chi connectivity index (χ1n) is 17.3. The molecule has 0 aliphatic carbocycles. The van der Waals surface area contributed by atoms with E-state index in [0.717, 1.165) is 77.1 Å². The van der Waals surface area contributed by atoms with Crippen LogP contribution < -0.4 is 0 Å². The van der Waals surface area contributed by atoms with Crippen LogP contribution in [0, 0.1) is 0 Å². The van der Waals surface area contributed by atoms with Crippen LogP contribution in [0.1, 0.15) is 0 Å². The van der Waals surface area contributed by atoms with Crippen molar-refractivity contribution in [3.8, 4) is 45.3 Å². The van der Waals surface area contributed by atoms with Crippen molar-refractivity contribution < 1.29 is 8.83 Å². The number of benzene rings is 8. The van der Waals surface area contributed by atoms with Gasteiger partial charge in [-0.25, -0.2) is 15.0 Å². The molecule has 0 N–H and O–H groups in total. The fraction of sp³-hybridized carbons (Fsp3) is 0. The molecule has 0 radical (unpaired) electrons. The minimum atomic E-state index is 0.579. The van der Waals surface area contributed by atoms with Crippen molar-refractivity contribution in [3.63, 3.8) is 0 Å². The van der Waals surface area contributed by atoms with Crippen LogP contribution in [0.25, 0.3) is 111 Å². The zero-order valence-corrected chi connectivity index (χ0v) is 27.7. The first kappa shape index (κ1) is 28.7. The molecule has 0 saturated carbocycles. The van der Waals surface area contributed by atoms with Crippen molar-refractivity contribution in [1.29, 1.82) is 0 Å². The molecule has 0 atom stereocenters. The summed E-state index contributed by atoms with van der Waals surface area (Å²) in [6.07, 6.45) is 0. The molecular formula is C47H27N3O2. The minimum absolute atomic E-state index is 0.579. The van der Waals surface area contributed by atoms with Crippen LogP contribution in [0.5, 0.6) is 0 Å². The third kappa shape index (κ3) is 4.46. The molecule has 3 aromatic heterocycles.